The molecule has 0 N–H and O–H groups in total. The summed E-state index contributed by atoms with van der Waals surface area (Å²) in [6, 6.07) is 7.67. The molecule has 0 amide bonds. The summed E-state index contributed by atoms with van der Waals surface area (Å²) in [7, 11) is 4.99. The molecule has 2 aromatic rings. The highest BCUT2D eigenvalue weighted by molar-refractivity contribution is 5.40. The molecule has 2 heterocycles. The molecule has 1 aromatic heterocycles. The first-order valence-corrected chi connectivity index (χ1v) is 8.28. The minimum atomic E-state index is 0.591. The van der Waals surface area contributed by atoms with Crippen LogP contribution in [0.1, 0.15) is 5.56 Å². The molecule has 1 fully saturated rings. The minimum absolute atomic E-state index is 0.591. The number of anilines is 1. The van der Waals surface area contributed by atoms with Crippen molar-refractivity contribution < 1.29 is 14.2 Å². The van der Waals surface area contributed by atoms with Crippen molar-refractivity contribution in [3.63, 3.8) is 0 Å². The molecule has 0 spiro atoms. The van der Waals surface area contributed by atoms with Gasteiger partial charge in [0.15, 0.2) is 0 Å². The number of ether oxygens (including phenoxy) is 3. The predicted octanol–water partition coefficient (Wildman–Crippen LogP) is 1.82. The third kappa shape index (κ3) is 4.11. The van der Waals surface area contributed by atoms with E-state index in [1.807, 2.05) is 18.2 Å². The zero-order valence-electron chi connectivity index (χ0n) is 14.9. The standard InChI is InChI=1S/C18H24N4O3/c1-23-15-4-5-16(24-2)14(12-15)13-21-8-10-22(11-9-21)18-19-7-6-17(20-18)25-3/h4-7,12H,8-11,13H2,1-3H3. The summed E-state index contributed by atoms with van der Waals surface area (Å²) < 4.78 is 16.0. The predicted molar refractivity (Wildman–Crippen MR) is 95.6 cm³/mol. The maximum absolute atomic E-state index is 5.48. The lowest BCUT2D eigenvalue weighted by molar-refractivity contribution is 0.244. The maximum atomic E-state index is 5.48. The molecule has 1 aliphatic heterocycles. The molecule has 7 nitrogen and oxygen atoms in total. The molecule has 25 heavy (non-hydrogen) atoms. The molecule has 1 aliphatic rings. The van der Waals surface area contributed by atoms with Crippen LogP contribution in [0.25, 0.3) is 0 Å². The summed E-state index contributed by atoms with van der Waals surface area (Å²) in [5, 5.41) is 0. The van der Waals surface area contributed by atoms with E-state index in [2.05, 4.69) is 19.8 Å². The lowest BCUT2D eigenvalue weighted by atomic mass is 10.1. The molecule has 0 bridgehead atoms. The van der Waals surface area contributed by atoms with E-state index >= 15 is 0 Å². The molecule has 0 atom stereocenters. The molecular formula is C18H24N4O3. The Kier molecular flexibility index (Phi) is 5.55. The molecular weight excluding hydrogens is 320 g/mol. The van der Waals surface area contributed by atoms with E-state index in [1.165, 1.54) is 0 Å². The van der Waals surface area contributed by atoms with Crippen LogP contribution < -0.4 is 19.1 Å². The molecule has 1 aromatic carbocycles. The Morgan fingerprint density at radius 3 is 2.44 bits per heavy atom. The van der Waals surface area contributed by atoms with Crippen molar-refractivity contribution in [1.29, 1.82) is 0 Å². The first kappa shape index (κ1) is 17.3. The number of hydrogen-bond acceptors (Lipinski definition) is 7. The lowest BCUT2D eigenvalue weighted by Crippen LogP contribution is -2.46. The summed E-state index contributed by atoms with van der Waals surface area (Å²) >= 11 is 0. The molecule has 0 radical (unpaired) electrons. The fourth-order valence-corrected chi connectivity index (χ4v) is 2.95. The van der Waals surface area contributed by atoms with Gasteiger partial charge >= 0.3 is 0 Å². The van der Waals surface area contributed by atoms with Crippen LogP contribution in [0.4, 0.5) is 5.95 Å². The smallest absolute Gasteiger partial charge is 0.228 e. The van der Waals surface area contributed by atoms with E-state index < -0.39 is 0 Å². The molecule has 0 saturated carbocycles. The molecule has 7 heteroatoms. The van der Waals surface area contributed by atoms with E-state index in [1.54, 1.807) is 33.6 Å². The van der Waals surface area contributed by atoms with Crippen molar-refractivity contribution >= 4 is 5.95 Å². The van der Waals surface area contributed by atoms with Crippen molar-refractivity contribution in [2.75, 3.05) is 52.4 Å². The zero-order chi connectivity index (χ0) is 17.6. The Balaban J connectivity index is 1.63. The summed E-state index contributed by atoms with van der Waals surface area (Å²) in [5.74, 6) is 3.05. The Bertz CT molecular complexity index is 702. The van der Waals surface area contributed by atoms with Crippen molar-refractivity contribution in [2.24, 2.45) is 0 Å². The van der Waals surface area contributed by atoms with Gasteiger partial charge in [-0.15, -0.1) is 0 Å². The Hall–Kier alpha value is -2.54. The van der Waals surface area contributed by atoms with Crippen molar-refractivity contribution in [3.8, 4) is 17.4 Å². The van der Waals surface area contributed by atoms with Gasteiger partial charge < -0.3 is 19.1 Å². The van der Waals surface area contributed by atoms with Crippen LogP contribution in [0, 0.1) is 0 Å². The third-order valence-electron chi connectivity index (χ3n) is 4.36. The van der Waals surface area contributed by atoms with Gasteiger partial charge in [-0.25, -0.2) is 4.98 Å². The average molecular weight is 344 g/mol. The fraction of sp³-hybridized carbons (Fsp3) is 0.444. The summed E-state index contributed by atoms with van der Waals surface area (Å²) in [6.07, 6.45) is 1.73. The van der Waals surface area contributed by atoms with Crippen LogP contribution >= 0.6 is 0 Å². The SMILES string of the molecule is COc1ccc(OC)c(CN2CCN(c3nccc(OC)n3)CC2)c1. The number of piperazine rings is 1. The highest BCUT2D eigenvalue weighted by atomic mass is 16.5. The first-order chi connectivity index (χ1) is 12.2. The summed E-state index contributed by atoms with van der Waals surface area (Å²) in [5.41, 5.74) is 1.13. The molecule has 1 saturated heterocycles. The second-order valence-corrected chi connectivity index (χ2v) is 5.84. The fourth-order valence-electron chi connectivity index (χ4n) is 2.95. The molecule has 3 rings (SSSR count). The number of rotatable bonds is 6. The van der Waals surface area contributed by atoms with Gasteiger partial charge in [0.25, 0.3) is 0 Å². The van der Waals surface area contributed by atoms with E-state index in [9.17, 15) is 0 Å². The quantitative estimate of drug-likeness (QED) is 0.792. The minimum Gasteiger partial charge on any atom is -0.497 e. The van der Waals surface area contributed by atoms with Crippen LogP contribution in [-0.4, -0.2) is 62.4 Å². The number of nitrogens with zero attached hydrogens (tertiary/aromatic N) is 4. The number of benzene rings is 1. The number of hydrogen-bond donors (Lipinski definition) is 0. The van der Waals surface area contributed by atoms with E-state index in [4.69, 9.17) is 14.2 Å². The second kappa shape index (κ2) is 8.02. The maximum Gasteiger partial charge on any atom is 0.228 e. The van der Waals surface area contributed by atoms with Gasteiger partial charge in [-0.05, 0) is 18.2 Å². The van der Waals surface area contributed by atoms with Crippen molar-refractivity contribution in [2.45, 2.75) is 6.54 Å². The van der Waals surface area contributed by atoms with Gasteiger partial charge in [0, 0.05) is 50.6 Å². The summed E-state index contributed by atoms with van der Waals surface area (Å²) in [4.78, 5) is 13.3. The van der Waals surface area contributed by atoms with Crippen LogP contribution in [0.15, 0.2) is 30.5 Å². The van der Waals surface area contributed by atoms with Crippen molar-refractivity contribution in [3.05, 3.63) is 36.0 Å². The van der Waals surface area contributed by atoms with Crippen LogP contribution in [-0.2, 0) is 6.54 Å². The third-order valence-corrected chi connectivity index (χ3v) is 4.36. The van der Waals surface area contributed by atoms with Gasteiger partial charge in [-0.2, -0.15) is 4.98 Å². The van der Waals surface area contributed by atoms with Gasteiger partial charge in [0.1, 0.15) is 11.5 Å². The van der Waals surface area contributed by atoms with E-state index in [-0.39, 0.29) is 0 Å². The Labute approximate surface area is 148 Å². The molecule has 0 aliphatic carbocycles. The largest absolute Gasteiger partial charge is 0.497 e. The van der Waals surface area contributed by atoms with Crippen LogP contribution in [0.5, 0.6) is 17.4 Å². The topological polar surface area (TPSA) is 60.0 Å². The molecule has 134 valence electrons. The average Bonchev–Trinajstić information content (AvgIpc) is 2.68. The highest BCUT2D eigenvalue weighted by Gasteiger charge is 2.20. The summed E-state index contributed by atoms with van der Waals surface area (Å²) in [6.45, 7) is 4.44. The second-order valence-electron chi connectivity index (χ2n) is 5.84. The van der Waals surface area contributed by atoms with Gasteiger partial charge in [0.2, 0.25) is 11.8 Å². The normalized spacial score (nSPS) is 15.1. The van der Waals surface area contributed by atoms with E-state index in [0.717, 1.165) is 55.7 Å². The van der Waals surface area contributed by atoms with Crippen LogP contribution in [0.2, 0.25) is 0 Å². The lowest BCUT2D eigenvalue weighted by Gasteiger charge is -2.35. The van der Waals surface area contributed by atoms with Crippen LogP contribution in [0.3, 0.4) is 0 Å². The van der Waals surface area contributed by atoms with Gasteiger partial charge in [-0.3, -0.25) is 4.90 Å². The zero-order valence-corrected chi connectivity index (χ0v) is 14.9. The number of aromatic nitrogens is 2. The Morgan fingerprint density at radius 1 is 0.960 bits per heavy atom. The Morgan fingerprint density at radius 2 is 1.76 bits per heavy atom. The number of methoxy groups -OCH3 is 3. The first-order valence-electron chi connectivity index (χ1n) is 8.28. The monoisotopic (exact) mass is 344 g/mol. The molecule has 0 unspecified atom stereocenters. The van der Waals surface area contributed by atoms with Gasteiger partial charge in [0.05, 0.1) is 21.3 Å². The van der Waals surface area contributed by atoms with Crippen molar-refractivity contribution in [1.82, 2.24) is 14.9 Å². The van der Waals surface area contributed by atoms with Gasteiger partial charge in [-0.1, -0.05) is 0 Å². The van der Waals surface area contributed by atoms with E-state index in [0.29, 0.717) is 5.88 Å². The highest BCUT2D eigenvalue weighted by Crippen LogP contribution is 2.26.